The largest absolute Gasteiger partial charge is 0.357 e. The Kier molecular flexibility index (Phi) is 2.23. The zero-order chi connectivity index (χ0) is 10.3. The Bertz CT molecular complexity index is 333. The van der Waals surface area contributed by atoms with Crippen molar-refractivity contribution >= 4 is 16.7 Å². The van der Waals surface area contributed by atoms with Crippen molar-refractivity contribution < 1.29 is 0 Å². The first-order valence-corrected chi connectivity index (χ1v) is 5.60. The van der Waals surface area contributed by atoms with Crippen molar-refractivity contribution in [3.8, 4) is 0 Å². The van der Waals surface area contributed by atoms with E-state index in [2.05, 4.69) is 28.5 Å². The Labute approximate surface area is 88.1 Å². The van der Waals surface area contributed by atoms with Crippen LogP contribution < -0.4 is 11.1 Å². The molecule has 5 heteroatoms. The van der Waals surface area contributed by atoms with Gasteiger partial charge < -0.3 is 11.1 Å². The first kappa shape index (κ1) is 9.86. The predicted octanol–water partition coefficient (Wildman–Crippen LogP) is 1.38. The third-order valence-electron chi connectivity index (χ3n) is 3.17. The van der Waals surface area contributed by atoms with Gasteiger partial charge in [-0.2, -0.15) is 4.37 Å². The number of hydrogen-bond donors (Lipinski definition) is 2. The Hall–Kier alpha value is -0.680. The Morgan fingerprint density at radius 1 is 1.57 bits per heavy atom. The summed E-state index contributed by atoms with van der Waals surface area (Å²) in [5, 5.41) is 4.29. The smallest absolute Gasteiger partial charge is 0.202 e. The summed E-state index contributed by atoms with van der Waals surface area (Å²) >= 11 is 1.42. The molecule has 0 spiro atoms. The van der Waals surface area contributed by atoms with Crippen LogP contribution in [-0.4, -0.2) is 21.4 Å². The van der Waals surface area contributed by atoms with Gasteiger partial charge in [-0.15, -0.1) is 0 Å². The van der Waals surface area contributed by atoms with E-state index in [4.69, 9.17) is 5.73 Å². The molecule has 0 bridgehead atoms. The van der Waals surface area contributed by atoms with Crippen LogP contribution in [0.15, 0.2) is 0 Å². The molecule has 14 heavy (non-hydrogen) atoms. The van der Waals surface area contributed by atoms with Crippen molar-refractivity contribution in [2.45, 2.75) is 39.3 Å². The highest BCUT2D eigenvalue weighted by molar-refractivity contribution is 7.09. The molecule has 1 saturated carbocycles. The number of anilines is 1. The fourth-order valence-corrected chi connectivity index (χ4v) is 2.34. The van der Waals surface area contributed by atoms with Gasteiger partial charge in [0, 0.05) is 29.0 Å². The van der Waals surface area contributed by atoms with E-state index in [1.54, 1.807) is 0 Å². The summed E-state index contributed by atoms with van der Waals surface area (Å²) in [6.45, 7) is 6.28. The molecule has 0 saturated heterocycles. The van der Waals surface area contributed by atoms with E-state index in [9.17, 15) is 0 Å². The van der Waals surface area contributed by atoms with E-state index in [0.717, 1.165) is 17.4 Å². The average Bonchev–Trinajstić information content (AvgIpc) is 2.51. The molecule has 78 valence electrons. The molecule has 0 aromatic carbocycles. The van der Waals surface area contributed by atoms with Crippen LogP contribution >= 0.6 is 11.5 Å². The van der Waals surface area contributed by atoms with E-state index in [0.29, 0.717) is 12.1 Å². The summed E-state index contributed by atoms with van der Waals surface area (Å²) in [4.78, 5) is 4.28. The third-order valence-corrected chi connectivity index (χ3v) is 3.91. The van der Waals surface area contributed by atoms with Gasteiger partial charge in [0.15, 0.2) is 0 Å². The lowest BCUT2D eigenvalue weighted by atomic mass is 9.63. The maximum atomic E-state index is 5.93. The van der Waals surface area contributed by atoms with E-state index in [1.807, 2.05) is 6.92 Å². The second-order valence-electron chi connectivity index (χ2n) is 4.51. The molecule has 1 fully saturated rings. The minimum Gasteiger partial charge on any atom is -0.357 e. The van der Waals surface area contributed by atoms with E-state index >= 15 is 0 Å². The zero-order valence-electron chi connectivity index (χ0n) is 8.74. The number of nitrogens with zero attached hydrogens (tertiary/aromatic N) is 2. The number of nitrogens with one attached hydrogen (secondary N) is 1. The molecule has 2 rings (SSSR count). The first-order chi connectivity index (χ1) is 6.50. The van der Waals surface area contributed by atoms with Crippen molar-refractivity contribution in [2.75, 3.05) is 5.32 Å². The van der Waals surface area contributed by atoms with Gasteiger partial charge >= 0.3 is 0 Å². The van der Waals surface area contributed by atoms with Crippen LogP contribution in [0, 0.1) is 12.3 Å². The molecule has 0 amide bonds. The van der Waals surface area contributed by atoms with Crippen LogP contribution in [0.3, 0.4) is 0 Å². The number of aromatic nitrogens is 2. The SMILES string of the molecule is Cc1nsc(NC2CC(N)C2(C)C)n1. The molecule has 3 N–H and O–H groups in total. The highest BCUT2D eigenvalue weighted by Gasteiger charge is 2.46. The molecular weight excluding hydrogens is 196 g/mol. The standard InChI is InChI=1S/C9H16N4S/c1-5-11-8(14-13-5)12-7-4-6(10)9(7,2)3/h6-7H,4,10H2,1-3H3,(H,11,12,13). The summed E-state index contributed by atoms with van der Waals surface area (Å²) in [7, 11) is 0. The number of aryl methyl sites for hydroxylation is 1. The van der Waals surface area contributed by atoms with Gasteiger partial charge in [-0.3, -0.25) is 0 Å². The van der Waals surface area contributed by atoms with Crippen LogP contribution in [0.2, 0.25) is 0 Å². The zero-order valence-corrected chi connectivity index (χ0v) is 9.56. The highest BCUT2D eigenvalue weighted by atomic mass is 32.1. The van der Waals surface area contributed by atoms with Crippen molar-refractivity contribution in [1.29, 1.82) is 0 Å². The Morgan fingerprint density at radius 3 is 2.71 bits per heavy atom. The van der Waals surface area contributed by atoms with Gasteiger partial charge in [-0.1, -0.05) is 13.8 Å². The molecule has 2 unspecified atom stereocenters. The summed E-state index contributed by atoms with van der Waals surface area (Å²) in [5.41, 5.74) is 6.10. The quantitative estimate of drug-likeness (QED) is 0.777. The van der Waals surface area contributed by atoms with Crippen LogP contribution in [-0.2, 0) is 0 Å². The fraction of sp³-hybridized carbons (Fsp3) is 0.778. The summed E-state index contributed by atoms with van der Waals surface area (Å²) < 4.78 is 4.13. The molecule has 1 aliphatic rings. The van der Waals surface area contributed by atoms with E-state index < -0.39 is 0 Å². The average molecular weight is 212 g/mol. The lowest BCUT2D eigenvalue weighted by Crippen LogP contribution is -2.61. The predicted molar refractivity (Wildman–Crippen MR) is 58.4 cm³/mol. The lowest BCUT2D eigenvalue weighted by molar-refractivity contribution is 0.117. The molecule has 4 nitrogen and oxygen atoms in total. The van der Waals surface area contributed by atoms with Gasteiger partial charge in [-0.05, 0) is 13.3 Å². The molecular formula is C9H16N4S. The van der Waals surface area contributed by atoms with Gasteiger partial charge in [0.25, 0.3) is 0 Å². The molecule has 0 aliphatic heterocycles. The first-order valence-electron chi connectivity index (χ1n) is 4.82. The number of hydrogen-bond acceptors (Lipinski definition) is 5. The number of rotatable bonds is 2. The maximum Gasteiger partial charge on any atom is 0.202 e. The van der Waals surface area contributed by atoms with Crippen molar-refractivity contribution in [2.24, 2.45) is 11.1 Å². The minimum absolute atomic E-state index is 0.166. The monoisotopic (exact) mass is 212 g/mol. The van der Waals surface area contributed by atoms with Crippen molar-refractivity contribution in [3.05, 3.63) is 5.82 Å². The van der Waals surface area contributed by atoms with Gasteiger partial charge in [-0.25, -0.2) is 4.98 Å². The Balaban J connectivity index is 2.00. The van der Waals surface area contributed by atoms with Gasteiger partial charge in [0.1, 0.15) is 5.82 Å². The highest BCUT2D eigenvalue weighted by Crippen LogP contribution is 2.40. The van der Waals surface area contributed by atoms with Gasteiger partial charge in [0.2, 0.25) is 5.13 Å². The summed E-state index contributed by atoms with van der Waals surface area (Å²) in [5.74, 6) is 0.832. The third kappa shape index (κ3) is 1.50. The molecule has 2 atom stereocenters. The van der Waals surface area contributed by atoms with Gasteiger partial charge in [0.05, 0.1) is 0 Å². The maximum absolute atomic E-state index is 5.93. The topological polar surface area (TPSA) is 63.8 Å². The molecule has 1 aromatic rings. The van der Waals surface area contributed by atoms with Crippen molar-refractivity contribution in [1.82, 2.24) is 9.36 Å². The van der Waals surface area contributed by atoms with E-state index in [1.165, 1.54) is 11.5 Å². The Morgan fingerprint density at radius 2 is 2.29 bits per heavy atom. The van der Waals surface area contributed by atoms with Crippen LogP contribution in [0.25, 0.3) is 0 Å². The van der Waals surface area contributed by atoms with Crippen LogP contribution in [0.5, 0.6) is 0 Å². The molecule has 1 heterocycles. The molecule has 0 radical (unpaired) electrons. The van der Waals surface area contributed by atoms with Crippen LogP contribution in [0.4, 0.5) is 5.13 Å². The number of nitrogens with two attached hydrogens (primary N) is 1. The summed E-state index contributed by atoms with van der Waals surface area (Å²) in [6.07, 6.45) is 1.02. The summed E-state index contributed by atoms with van der Waals surface area (Å²) in [6, 6.07) is 0.735. The van der Waals surface area contributed by atoms with Crippen molar-refractivity contribution in [3.63, 3.8) is 0 Å². The van der Waals surface area contributed by atoms with E-state index in [-0.39, 0.29) is 5.41 Å². The van der Waals surface area contributed by atoms with Crippen LogP contribution in [0.1, 0.15) is 26.1 Å². The molecule has 1 aromatic heterocycles. The second-order valence-corrected chi connectivity index (χ2v) is 5.26. The normalized spacial score (nSPS) is 29.7. The molecule has 1 aliphatic carbocycles. The minimum atomic E-state index is 0.166. The lowest BCUT2D eigenvalue weighted by Gasteiger charge is -2.50. The fourth-order valence-electron chi connectivity index (χ4n) is 1.71. The second kappa shape index (κ2) is 3.17.